The van der Waals surface area contributed by atoms with Crippen LogP contribution in [0.5, 0.6) is 0 Å². The van der Waals surface area contributed by atoms with Crippen molar-refractivity contribution < 1.29 is 4.79 Å². The molecule has 1 saturated carbocycles. The maximum Gasteiger partial charge on any atom is 0.263 e. The number of carbonyl (C=O) groups is 1. The van der Waals surface area contributed by atoms with Gasteiger partial charge in [-0.25, -0.2) is 4.98 Å². The van der Waals surface area contributed by atoms with Gasteiger partial charge in [0.05, 0.1) is 5.69 Å². The van der Waals surface area contributed by atoms with Gasteiger partial charge in [0.15, 0.2) is 0 Å². The number of benzene rings is 1. The summed E-state index contributed by atoms with van der Waals surface area (Å²) in [5.41, 5.74) is 15.9. The molecule has 0 aliphatic heterocycles. The van der Waals surface area contributed by atoms with Gasteiger partial charge in [-0.2, -0.15) is 5.26 Å². The number of aromatic nitrogens is 1. The number of carbonyl (C=O) groups excluding carboxylic acids is 1. The van der Waals surface area contributed by atoms with Gasteiger partial charge in [0.25, 0.3) is 5.91 Å². The van der Waals surface area contributed by atoms with Crippen LogP contribution in [0.3, 0.4) is 0 Å². The molecule has 1 aliphatic carbocycles. The molecule has 1 fully saturated rings. The summed E-state index contributed by atoms with van der Waals surface area (Å²) in [5.74, 6) is -0.0215. The molecule has 0 atom stereocenters. The fourth-order valence-electron chi connectivity index (χ4n) is 4.15. The van der Waals surface area contributed by atoms with E-state index in [-0.39, 0.29) is 23.3 Å². The molecule has 1 amide bonds. The van der Waals surface area contributed by atoms with Gasteiger partial charge in [-0.3, -0.25) is 4.79 Å². The maximum absolute atomic E-state index is 13.0. The third-order valence-electron chi connectivity index (χ3n) is 5.81. The molecule has 2 heterocycles. The number of thiophene rings is 1. The number of fused-ring (bicyclic) bond motifs is 1. The van der Waals surface area contributed by atoms with Crippen molar-refractivity contribution in [2.45, 2.75) is 51.5 Å². The van der Waals surface area contributed by atoms with Crippen molar-refractivity contribution in [1.29, 1.82) is 5.26 Å². The molecule has 6 nitrogen and oxygen atoms in total. The summed E-state index contributed by atoms with van der Waals surface area (Å²) in [7, 11) is 0. The molecule has 30 heavy (non-hydrogen) atoms. The number of rotatable bonds is 4. The van der Waals surface area contributed by atoms with Crippen LogP contribution in [0.1, 0.15) is 59.8 Å². The quantitative estimate of drug-likeness (QED) is 0.570. The van der Waals surface area contributed by atoms with Crippen molar-refractivity contribution in [1.82, 2.24) is 10.3 Å². The minimum atomic E-state index is -0.174. The van der Waals surface area contributed by atoms with E-state index in [1.54, 1.807) is 0 Å². The summed E-state index contributed by atoms with van der Waals surface area (Å²) in [6.45, 7) is 2.09. The standard InChI is InChI=1S/C23H25N5OS/c1-2-13-8-10-14(11-9-13)17-16(12-24)21(26)28-23-18(17)19(25)20(30-23)22(29)27-15-6-4-3-5-7-15/h8-11,15H,2-7,25H2,1H3,(H2,26,28)(H,27,29). The highest BCUT2D eigenvalue weighted by Gasteiger charge is 2.25. The highest BCUT2D eigenvalue weighted by molar-refractivity contribution is 7.21. The molecule has 1 aliphatic rings. The van der Waals surface area contributed by atoms with Gasteiger partial charge in [0.2, 0.25) is 0 Å². The minimum absolute atomic E-state index is 0.153. The Bertz CT molecular complexity index is 1140. The van der Waals surface area contributed by atoms with Crippen molar-refractivity contribution in [3.8, 4) is 17.2 Å². The Morgan fingerprint density at radius 2 is 1.93 bits per heavy atom. The highest BCUT2D eigenvalue weighted by atomic mass is 32.1. The summed E-state index contributed by atoms with van der Waals surface area (Å²) in [6.07, 6.45) is 6.40. The first-order valence-corrected chi connectivity index (χ1v) is 11.2. The van der Waals surface area contributed by atoms with Crippen LogP contribution in [0.4, 0.5) is 11.5 Å². The molecule has 0 unspecified atom stereocenters. The maximum atomic E-state index is 13.0. The van der Waals surface area contributed by atoms with Crippen LogP contribution in [0.15, 0.2) is 24.3 Å². The van der Waals surface area contributed by atoms with Crippen LogP contribution in [0.2, 0.25) is 0 Å². The topological polar surface area (TPSA) is 118 Å². The van der Waals surface area contributed by atoms with Crippen molar-refractivity contribution in [3.05, 3.63) is 40.3 Å². The molecule has 3 aromatic rings. The Labute approximate surface area is 179 Å². The van der Waals surface area contributed by atoms with Crippen LogP contribution in [-0.2, 0) is 6.42 Å². The first-order valence-electron chi connectivity index (χ1n) is 10.3. The van der Waals surface area contributed by atoms with Crippen LogP contribution in [-0.4, -0.2) is 16.9 Å². The van der Waals surface area contributed by atoms with E-state index in [0.29, 0.717) is 26.3 Å². The van der Waals surface area contributed by atoms with Gasteiger partial charge >= 0.3 is 0 Å². The summed E-state index contributed by atoms with van der Waals surface area (Å²) >= 11 is 1.23. The van der Waals surface area contributed by atoms with E-state index in [9.17, 15) is 10.1 Å². The number of amides is 1. The van der Waals surface area contributed by atoms with E-state index >= 15 is 0 Å². The molecular weight excluding hydrogens is 394 g/mol. The average Bonchev–Trinajstić information content (AvgIpc) is 3.09. The van der Waals surface area contributed by atoms with Crippen molar-refractivity contribution in [2.24, 2.45) is 0 Å². The Morgan fingerprint density at radius 3 is 2.57 bits per heavy atom. The second-order valence-electron chi connectivity index (χ2n) is 7.74. The molecule has 0 bridgehead atoms. The van der Waals surface area contributed by atoms with Gasteiger partial charge in [-0.15, -0.1) is 11.3 Å². The number of aryl methyl sites for hydroxylation is 1. The van der Waals surface area contributed by atoms with Crippen LogP contribution in [0, 0.1) is 11.3 Å². The number of pyridine rings is 1. The molecule has 2 aromatic heterocycles. The Hall–Kier alpha value is -3.11. The van der Waals surface area contributed by atoms with Gasteiger partial charge in [0, 0.05) is 17.0 Å². The molecule has 7 heteroatoms. The predicted octanol–water partition coefficient (Wildman–Crippen LogP) is 4.62. The summed E-state index contributed by atoms with van der Waals surface area (Å²) in [6, 6.07) is 10.3. The van der Waals surface area contributed by atoms with Crippen molar-refractivity contribution in [3.63, 3.8) is 0 Å². The zero-order valence-electron chi connectivity index (χ0n) is 17.0. The monoisotopic (exact) mass is 419 g/mol. The number of anilines is 2. The Balaban J connectivity index is 1.83. The lowest BCUT2D eigenvalue weighted by Crippen LogP contribution is -2.36. The van der Waals surface area contributed by atoms with Crippen LogP contribution >= 0.6 is 11.3 Å². The van der Waals surface area contributed by atoms with Crippen LogP contribution in [0.25, 0.3) is 21.3 Å². The van der Waals surface area contributed by atoms with Crippen molar-refractivity contribution in [2.75, 3.05) is 11.5 Å². The number of nitrogens with one attached hydrogen (secondary N) is 1. The van der Waals surface area contributed by atoms with E-state index in [1.807, 2.05) is 24.3 Å². The second kappa shape index (κ2) is 8.33. The largest absolute Gasteiger partial charge is 0.397 e. The summed E-state index contributed by atoms with van der Waals surface area (Å²) in [4.78, 5) is 18.4. The number of nitrogens with zero attached hydrogens (tertiary/aromatic N) is 2. The highest BCUT2D eigenvalue weighted by Crippen LogP contribution is 2.42. The first kappa shape index (κ1) is 20.2. The fourth-order valence-corrected chi connectivity index (χ4v) is 5.16. The van der Waals surface area contributed by atoms with E-state index in [4.69, 9.17) is 11.5 Å². The number of nitriles is 1. The Morgan fingerprint density at radius 1 is 1.23 bits per heavy atom. The van der Waals surface area contributed by atoms with Gasteiger partial charge < -0.3 is 16.8 Å². The normalized spacial score (nSPS) is 14.5. The summed E-state index contributed by atoms with van der Waals surface area (Å²) in [5, 5.41) is 13.5. The number of nitrogens with two attached hydrogens (primary N) is 2. The van der Waals surface area contributed by atoms with Gasteiger partial charge in [-0.05, 0) is 30.4 Å². The Kier molecular flexibility index (Phi) is 5.60. The molecule has 0 spiro atoms. The molecule has 0 radical (unpaired) electrons. The zero-order chi connectivity index (χ0) is 21.3. The summed E-state index contributed by atoms with van der Waals surface area (Å²) < 4.78 is 0. The third-order valence-corrected chi connectivity index (χ3v) is 6.91. The van der Waals surface area contributed by atoms with E-state index < -0.39 is 0 Å². The molecule has 1 aromatic carbocycles. The molecular formula is C23H25N5OS. The van der Waals surface area contributed by atoms with E-state index in [0.717, 1.165) is 37.7 Å². The first-order chi connectivity index (χ1) is 14.5. The lowest BCUT2D eigenvalue weighted by Gasteiger charge is -2.22. The average molecular weight is 420 g/mol. The molecule has 154 valence electrons. The molecule has 5 N–H and O–H groups in total. The van der Waals surface area contributed by atoms with E-state index in [1.165, 1.54) is 23.3 Å². The third kappa shape index (κ3) is 3.59. The van der Waals surface area contributed by atoms with Crippen molar-refractivity contribution >= 4 is 39.0 Å². The minimum Gasteiger partial charge on any atom is -0.397 e. The number of hydrogen-bond acceptors (Lipinski definition) is 6. The second-order valence-corrected chi connectivity index (χ2v) is 8.74. The van der Waals surface area contributed by atoms with Gasteiger partial charge in [-0.1, -0.05) is 50.5 Å². The predicted molar refractivity (Wildman–Crippen MR) is 122 cm³/mol. The zero-order valence-corrected chi connectivity index (χ0v) is 17.8. The molecule has 0 saturated heterocycles. The van der Waals surface area contributed by atoms with Gasteiger partial charge in [0.1, 0.15) is 27.2 Å². The van der Waals surface area contributed by atoms with E-state index in [2.05, 4.69) is 23.3 Å². The smallest absolute Gasteiger partial charge is 0.263 e. The van der Waals surface area contributed by atoms with Crippen LogP contribution < -0.4 is 16.8 Å². The molecule has 4 rings (SSSR count). The SMILES string of the molecule is CCc1ccc(-c2c(C#N)c(N)nc3sc(C(=O)NC4CCCCC4)c(N)c23)cc1. The lowest BCUT2D eigenvalue weighted by molar-refractivity contribution is 0.0932. The number of hydrogen-bond donors (Lipinski definition) is 3. The number of nitrogen functional groups attached to an aromatic ring is 2. The fraction of sp³-hybridized carbons (Fsp3) is 0.348. The lowest BCUT2D eigenvalue weighted by atomic mass is 9.95.